The molecule has 122 valence electrons. The van der Waals surface area contributed by atoms with Crippen LogP contribution in [0, 0.1) is 6.92 Å². The van der Waals surface area contributed by atoms with E-state index in [1.54, 1.807) is 19.1 Å². The highest BCUT2D eigenvalue weighted by Gasteiger charge is 2.41. The Morgan fingerprint density at radius 1 is 1.30 bits per heavy atom. The summed E-state index contributed by atoms with van der Waals surface area (Å²) in [5.74, 6) is 1.07. The molecule has 0 bridgehead atoms. The highest BCUT2D eigenvalue weighted by molar-refractivity contribution is 6.30. The van der Waals surface area contributed by atoms with Gasteiger partial charge >= 0.3 is 6.03 Å². The SMILES string of the molecule is Cc1nc(C2(NC(=O)NCc3ccc(Cl)cc3)CCCC2)no1. The van der Waals surface area contributed by atoms with E-state index >= 15 is 0 Å². The largest absolute Gasteiger partial charge is 0.340 e. The average molecular weight is 335 g/mol. The number of rotatable bonds is 4. The first-order valence-electron chi connectivity index (χ1n) is 7.69. The van der Waals surface area contributed by atoms with Crippen LogP contribution < -0.4 is 10.6 Å². The molecule has 2 amide bonds. The maximum Gasteiger partial charge on any atom is 0.315 e. The van der Waals surface area contributed by atoms with E-state index in [0.717, 1.165) is 31.2 Å². The normalized spacial score (nSPS) is 16.3. The summed E-state index contributed by atoms with van der Waals surface area (Å²) < 4.78 is 5.08. The zero-order valence-electron chi connectivity index (χ0n) is 12.9. The summed E-state index contributed by atoms with van der Waals surface area (Å²) in [5, 5.41) is 10.6. The average Bonchev–Trinajstić information content (AvgIpc) is 3.17. The molecule has 2 aromatic rings. The number of hydrogen-bond acceptors (Lipinski definition) is 4. The van der Waals surface area contributed by atoms with Crippen LogP contribution in [0.3, 0.4) is 0 Å². The van der Waals surface area contributed by atoms with Crippen LogP contribution in [0.5, 0.6) is 0 Å². The number of nitrogens with zero attached hydrogens (tertiary/aromatic N) is 2. The fourth-order valence-corrected chi connectivity index (χ4v) is 3.05. The predicted molar refractivity (Wildman–Crippen MR) is 86.0 cm³/mol. The molecule has 1 heterocycles. The molecule has 7 heteroatoms. The van der Waals surface area contributed by atoms with Crippen LogP contribution in [-0.4, -0.2) is 16.2 Å². The van der Waals surface area contributed by atoms with Gasteiger partial charge < -0.3 is 15.2 Å². The number of aryl methyl sites for hydroxylation is 1. The van der Waals surface area contributed by atoms with Crippen LogP contribution in [0.1, 0.15) is 43.0 Å². The van der Waals surface area contributed by atoms with E-state index in [1.807, 2.05) is 12.1 Å². The van der Waals surface area contributed by atoms with Crippen LogP contribution in [0.25, 0.3) is 0 Å². The van der Waals surface area contributed by atoms with Crippen LogP contribution in [-0.2, 0) is 12.1 Å². The number of nitrogens with one attached hydrogen (secondary N) is 2. The predicted octanol–water partition coefficient (Wildman–Crippen LogP) is 3.30. The molecular formula is C16H19ClN4O2. The first-order chi connectivity index (χ1) is 11.1. The highest BCUT2D eigenvalue weighted by Crippen LogP contribution is 2.37. The molecular weight excluding hydrogens is 316 g/mol. The molecule has 6 nitrogen and oxygen atoms in total. The minimum atomic E-state index is -0.526. The molecule has 0 aliphatic heterocycles. The standard InChI is InChI=1S/C16H19ClN4O2/c1-11-19-14(21-23-11)16(8-2-3-9-16)20-15(22)18-10-12-4-6-13(17)7-5-12/h4-7H,2-3,8-10H2,1H3,(H2,18,20,22). The van der Waals surface area contributed by atoms with E-state index in [4.69, 9.17) is 16.1 Å². The lowest BCUT2D eigenvalue weighted by Crippen LogP contribution is -2.49. The number of halogens is 1. The second-order valence-electron chi connectivity index (χ2n) is 5.86. The van der Waals surface area contributed by atoms with Crippen molar-refractivity contribution in [1.29, 1.82) is 0 Å². The summed E-state index contributed by atoms with van der Waals surface area (Å²) in [6.45, 7) is 2.18. The minimum Gasteiger partial charge on any atom is -0.340 e. The lowest BCUT2D eigenvalue weighted by atomic mass is 9.97. The Hall–Kier alpha value is -2.08. The van der Waals surface area contributed by atoms with Crippen molar-refractivity contribution in [3.05, 3.63) is 46.6 Å². The zero-order chi connectivity index (χ0) is 16.3. The summed E-state index contributed by atoms with van der Waals surface area (Å²) in [5.41, 5.74) is 0.461. The Bertz CT molecular complexity index is 678. The summed E-state index contributed by atoms with van der Waals surface area (Å²) in [7, 11) is 0. The van der Waals surface area contributed by atoms with E-state index in [2.05, 4.69) is 20.8 Å². The molecule has 1 aromatic carbocycles. The number of carbonyl (C=O) groups is 1. The molecule has 0 atom stereocenters. The molecule has 1 aliphatic rings. The monoisotopic (exact) mass is 334 g/mol. The van der Waals surface area contributed by atoms with Crippen LogP contribution in [0.2, 0.25) is 5.02 Å². The lowest BCUT2D eigenvalue weighted by Gasteiger charge is -2.26. The van der Waals surface area contributed by atoms with Gasteiger partial charge in [0.2, 0.25) is 5.89 Å². The molecule has 3 rings (SSSR count). The molecule has 1 saturated carbocycles. The van der Waals surface area contributed by atoms with E-state index in [1.165, 1.54) is 0 Å². The lowest BCUT2D eigenvalue weighted by molar-refractivity contribution is 0.220. The van der Waals surface area contributed by atoms with E-state index < -0.39 is 5.54 Å². The van der Waals surface area contributed by atoms with E-state index in [-0.39, 0.29) is 6.03 Å². The Labute approximate surface area is 139 Å². The van der Waals surface area contributed by atoms with Crippen molar-refractivity contribution in [2.24, 2.45) is 0 Å². The van der Waals surface area contributed by atoms with Gasteiger partial charge in [-0.1, -0.05) is 41.7 Å². The Morgan fingerprint density at radius 2 is 2.00 bits per heavy atom. The first-order valence-corrected chi connectivity index (χ1v) is 8.06. The third-order valence-electron chi connectivity index (χ3n) is 4.13. The molecule has 23 heavy (non-hydrogen) atoms. The Kier molecular flexibility index (Phi) is 4.52. The van der Waals surface area contributed by atoms with Crippen molar-refractivity contribution in [3.8, 4) is 0 Å². The van der Waals surface area contributed by atoms with Gasteiger partial charge in [0.1, 0.15) is 5.54 Å². The fraction of sp³-hybridized carbons (Fsp3) is 0.438. The number of amides is 2. The third kappa shape index (κ3) is 3.64. The van der Waals surface area contributed by atoms with Crippen molar-refractivity contribution in [2.45, 2.75) is 44.7 Å². The Balaban J connectivity index is 1.64. The van der Waals surface area contributed by atoms with Gasteiger partial charge in [-0.2, -0.15) is 4.98 Å². The van der Waals surface area contributed by atoms with Gasteiger partial charge in [0, 0.05) is 18.5 Å². The summed E-state index contributed by atoms with van der Waals surface area (Å²) in [6, 6.07) is 7.14. The van der Waals surface area contributed by atoms with E-state index in [9.17, 15) is 4.79 Å². The fourth-order valence-electron chi connectivity index (χ4n) is 2.92. The molecule has 0 radical (unpaired) electrons. The maximum absolute atomic E-state index is 12.3. The number of urea groups is 1. The second-order valence-corrected chi connectivity index (χ2v) is 6.30. The van der Waals surface area contributed by atoms with Gasteiger partial charge in [-0.3, -0.25) is 0 Å². The van der Waals surface area contributed by atoms with Crippen LogP contribution in [0.4, 0.5) is 4.79 Å². The van der Waals surface area contributed by atoms with Crippen molar-refractivity contribution in [2.75, 3.05) is 0 Å². The molecule has 0 unspecified atom stereocenters. The van der Waals surface area contributed by atoms with Gasteiger partial charge in [0.05, 0.1) is 0 Å². The van der Waals surface area contributed by atoms with Gasteiger partial charge in [0.15, 0.2) is 5.82 Å². The summed E-state index contributed by atoms with van der Waals surface area (Å²) >= 11 is 5.85. The van der Waals surface area contributed by atoms with Gasteiger partial charge in [-0.05, 0) is 30.5 Å². The highest BCUT2D eigenvalue weighted by atomic mass is 35.5. The van der Waals surface area contributed by atoms with Gasteiger partial charge in [0.25, 0.3) is 0 Å². The van der Waals surface area contributed by atoms with Gasteiger partial charge in [-0.15, -0.1) is 0 Å². The first kappa shape index (κ1) is 15.8. The second kappa shape index (κ2) is 6.58. The van der Waals surface area contributed by atoms with Crippen molar-refractivity contribution < 1.29 is 9.32 Å². The van der Waals surface area contributed by atoms with Crippen molar-refractivity contribution in [3.63, 3.8) is 0 Å². The van der Waals surface area contributed by atoms with Gasteiger partial charge in [-0.25, -0.2) is 4.79 Å². The van der Waals surface area contributed by atoms with Crippen molar-refractivity contribution in [1.82, 2.24) is 20.8 Å². The number of benzene rings is 1. The quantitative estimate of drug-likeness (QED) is 0.899. The summed E-state index contributed by atoms with van der Waals surface area (Å²) in [4.78, 5) is 16.6. The van der Waals surface area contributed by atoms with E-state index in [0.29, 0.717) is 23.3 Å². The molecule has 1 aromatic heterocycles. The third-order valence-corrected chi connectivity index (χ3v) is 4.38. The minimum absolute atomic E-state index is 0.232. The molecule has 1 fully saturated rings. The zero-order valence-corrected chi connectivity index (χ0v) is 13.7. The molecule has 0 saturated heterocycles. The number of aromatic nitrogens is 2. The molecule has 1 aliphatic carbocycles. The smallest absolute Gasteiger partial charge is 0.315 e. The number of hydrogen-bond donors (Lipinski definition) is 2. The molecule has 2 N–H and O–H groups in total. The van der Waals surface area contributed by atoms with Crippen molar-refractivity contribution >= 4 is 17.6 Å². The van der Waals surface area contributed by atoms with Crippen LogP contribution in [0.15, 0.2) is 28.8 Å². The van der Waals surface area contributed by atoms with Crippen LogP contribution >= 0.6 is 11.6 Å². The Morgan fingerprint density at radius 3 is 2.61 bits per heavy atom. The summed E-state index contributed by atoms with van der Waals surface area (Å²) in [6.07, 6.45) is 3.71. The maximum atomic E-state index is 12.3. The molecule has 0 spiro atoms. The number of carbonyl (C=O) groups excluding carboxylic acids is 1. The topological polar surface area (TPSA) is 80.0 Å².